The third kappa shape index (κ3) is 4.45. The zero-order valence-corrected chi connectivity index (χ0v) is 14.7. The number of halogens is 3. The van der Waals surface area contributed by atoms with E-state index in [0.717, 1.165) is 0 Å². The lowest BCUT2D eigenvalue weighted by Crippen LogP contribution is -2.20. The molecule has 10 heteroatoms. The quantitative estimate of drug-likeness (QED) is 0.618. The lowest BCUT2D eigenvalue weighted by molar-refractivity contribution is -0.140. The van der Waals surface area contributed by atoms with Crippen LogP contribution < -0.4 is 4.90 Å². The van der Waals surface area contributed by atoms with E-state index in [1.807, 2.05) is 0 Å². The second-order valence-electron chi connectivity index (χ2n) is 5.74. The molecule has 0 aliphatic carbocycles. The van der Waals surface area contributed by atoms with E-state index < -0.39 is 17.8 Å². The Morgan fingerprint density at radius 1 is 1.15 bits per heavy atom. The maximum Gasteiger partial charge on any atom is 0.438 e. The fourth-order valence-electron chi connectivity index (χ4n) is 2.38. The number of hydrogen-bond donors (Lipinski definition) is 0. The van der Waals surface area contributed by atoms with E-state index in [1.165, 1.54) is 11.9 Å². The zero-order chi connectivity index (χ0) is 19.4. The third-order valence-electron chi connectivity index (χ3n) is 3.66. The average Bonchev–Trinajstić information content (AvgIpc) is 3.27. The van der Waals surface area contributed by atoms with Crippen LogP contribution in [0.25, 0.3) is 11.5 Å². The van der Waals surface area contributed by atoms with Gasteiger partial charge in [0.1, 0.15) is 0 Å². The van der Waals surface area contributed by atoms with E-state index >= 15 is 0 Å². The molecule has 0 atom stereocenters. The predicted molar refractivity (Wildman–Crippen MR) is 88.9 cm³/mol. The summed E-state index contributed by atoms with van der Waals surface area (Å²) in [6.45, 7) is 0.349. The molecule has 0 N–H and O–H groups in total. The minimum absolute atomic E-state index is 0.0630. The number of benzene rings is 1. The first-order chi connectivity index (χ1) is 12.9. The van der Waals surface area contributed by atoms with Crippen LogP contribution in [0, 0.1) is 0 Å². The first kappa shape index (κ1) is 18.9. The molecule has 0 bridgehead atoms. The maximum absolute atomic E-state index is 13.4. The van der Waals surface area contributed by atoms with Gasteiger partial charge in [-0.2, -0.15) is 18.2 Å². The molecule has 0 saturated carbocycles. The molecule has 0 radical (unpaired) electrons. The summed E-state index contributed by atoms with van der Waals surface area (Å²) in [4.78, 5) is 9.00. The van der Waals surface area contributed by atoms with Gasteiger partial charge in [0, 0.05) is 26.1 Å². The molecular weight excluding hydrogens is 365 g/mol. The first-order valence-corrected chi connectivity index (χ1v) is 8.03. The SMILES string of the molecule is COCCc1noc(CN(C)c2oc(-c3ccccc3)nc2C(F)(F)F)n1. The summed E-state index contributed by atoms with van der Waals surface area (Å²) in [5, 5.41) is 3.76. The van der Waals surface area contributed by atoms with Crippen LogP contribution >= 0.6 is 0 Å². The van der Waals surface area contributed by atoms with Crippen molar-refractivity contribution in [2.75, 3.05) is 25.7 Å². The highest BCUT2D eigenvalue weighted by atomic mass is 19.4. The van der Waals surface area contributed by atoms with E-state index in [0.29, 0.717) is 24.4 Å². The smallest absolute Gasteiger partial charge is 0.420 e. The Kier molecular flexibility index (Phi) is 5.45. The van der Waals surface area contributed by atoms with Gasteiger partial charge in [0.05, 0.1) is 13.2 Å². The van der Waals surface area contributed by atoms with Crippen LogP contribution in [0.1, 0.15) is 17.4 Å². The molecule has 3 aromatic rings. The van der Waals surface area contributed by atoms with Gasteiger partial charge in [0.2, 0.25) is 23.4 Å². The van der Waals surface area contributed by atoms with E-state index in [4.69, 9.17) is 13.7 Å². The number of nitrogens with zero attached hydrogens (tertiary/aromatic N) is 4. The van der Waals surface area contributed by atoms with E-state index in [2.05, 4.69) is 15.1 Å². The molecule has 7 nitrogen and oxygen atoms in total. The Labute approximate surface area is 152 Å². The van der Waals surface area contributed by atoms with Crippen molar-refractivity contribution in [3.05, 3.63) is 47.7 Å². The summed E-state index contributed by atoms with van der Waals surface area (Å²) in [7, 11) is 2.98. The van der Waals surface area contributed by atoms with Crippen LogP contribution in [0.4, 0.5) is 19.1 Å². The molecule has 0 amide bonds. The summed E-state index contributed by atoms with van der Waals surface area (Å²) in [5.74, 6) is 0.0438. The molecule has 0 saturated heterocycles. The van der Waals surface area contributed by atoms with Gasteiger partial charge in [0.15, 0.2) is 5.82 Å². The van der Waals surface area contributed by atoms with Crippen molar-refractivity contribution in [2.45, 2.75) is 19.1 Å². The van der Waals surface area contributed by atoms with Gasteiger partial charge >= 0.3 is 6.18 Å². The predicted octanol–water partition coefficient (Wildman–Crippen LogP) is 3.57. The normalized spacial score (nSPS) is 11.7. The molecule has 2 heterocycles. The Balaban J connectivity index is 1.85. The van der Waals surface area contributed by atoms with Crippen molar-refractivity contribution in [1.29, 1.82) is 0 Å². The largest absolute Gasteiger partial charge is 0.438 e. The number of oxazole rings is 1. The van der Waals surface area contributed by atoms with Crippen molar-refractivity contribution >= 4 is 5.88 Å². The standard InChI is InChI=1S/C17H17F3N4O3/c1-24(10-13-21-12(23-27-13)8-9-25-2)16-14(17(18,19)20)22-15(26-16)11-6-4-3-5-7-11/h3-7H,8-10H2,1-2H3. The van der Waals surface area contributed by atoms with Gasteiger partial charge in [-0.3, -0.25) is 0 Å². The molecule has 27 heavy (non-hydrogen) atoms. The number of hydrogen-bond acceptors (Lipinski definition) is 7. The van der Waals surface area contributed by atoms with Crippen molar-refractivity contribution in [2.24, 2.45) is 0 Å². The summed E-state index contributed by atoms with van der Waals surface area (Å²) in [6, 6.07) is 8.37. The highest BCUT2D eigenvalue weighted by molar-refractivity contribution is 5.57. The number of rotatable bonds is 7. The van der Waals surface area contributed by atoms with E-state index in [9.17, 15) is 13.2 Å². The van der Waals surface area contributed by atoms with Gasteiger partial charge in [-0.1, -0.05) is 23.4 Å². The average molecular weight is 382 g/mol. The maximum atomic E-state index is 13.4. The molecule has 0 aliphatic rings. The third-order valence-corrected chi connectivity index (χ3v) is 3.66. The van der Waals surface area contributed by atoms with Gasteiger partial charge < -0.3 is 18.6 Å². The minimum atomic E-state index is -4.67. The minimum Gasteiger partial charge on any atom is -0.420 e. The summed E-state index contributed by atoms with van der Waals surface area (Å²) in [6.07, 6.45) is -4.23. The zero-order valence-electron chi connectivity index (χ0n) is 14.7. The van der Waals surface area contributed by atoms with Crippen LogP contribution in [0.2, 0.25) is 0 Å². The van der Waals surface area contributed by atoms with Crippen molar-refractivity contribution in [3.63, 3.8) is 0 Å². The lowest BCUT2D eigenvalue weighted by atomic mass is 10.2. The van der Waals surface area contributed by atoms with Gasteiger partial charge in [-0.05, 0) is 12.1 Å². The summed E-state index contributed by atoms with van der Waals surface area (Å²) < 4.78 is 55.6. The van der Waals surface area contributed by atoms with Crippen molar-refractivity contribution in [1.82, 2.24) is 15.1 Å². The lowest BCUT2D eigenvalue weighted by Gasteiger charge is -2.15. The second-order valence-corrected chi connectivity index (χ2v) is 5.74. The highest BCUT2D eigenvalue weighted by Gasteiger charge is 2.40. The molecule has 1 aromatic carbocycles. The molecule has 0 fully saturated rings. The fourth-order valence-corrected chi connectivity index (χ4v) is 2.38. The molecule has 0 unspecified atom stereocenters. The van der Waals surface area contributed by atoms with Crippen LogP contribution in [0.5, 0.6) is 0 Å². The van der Waals surface area contributed by atoms with Crippen molar-refractivity contribution in [3.8, 4) is 11.5 Å². The van der Waals surface area contributed by atoms with Gasteiger partial charge in [-0.15, -0.1) is 0 Å². The number of methoxy groups -OCH3 is 1. The fraction of sp³-hybridized carbons (Fsp3) is 0.353. The summed E-state index contributed by atoms with van der Waals surface area (Å²) in [5.41, 5.74) is -0.662. The Morgan fingerprint density at radius 3 is 2.56 bits per heavy atom. The number of alkyl halides is 3. The molecule has 2 aromatic heterocycles. The molecule has 0 spiro atoms. The Hall–Kier alpha value is -2.88. The van der Waals surface area contributed by atoms with E-state index in [1.54, 1.807) is 37.4 Å². The number of ether oxygens (including phenoxy) is 1. The van der Waals surface area contributed by atoms with Crippen LogP contribution in [0.3, 0.4) is 0 Å². The van der Waals surface area contributed by atoms with Crippen LogP contribution in [-0.2, 0) is 23.9 Å². The Bertz CT molecular complexity index is 877. The molecular formula is C17H17F3N4O3. The monoisotopic (exact) mass is 382 g/mol. The highest BCUT2D eigenvalue weighted by Crippen LogP contribution is 2.39. The molecule has 144 valence electrons. The van der Waals surface area contributed by atoms with E-state index in [-0.39, 0.29) is 18.3 Å². The van der Waals surface area contributed by atoms with Crippen LogP contribution in [0.15, 0.2) is 39.3 Å². The second kappa shape index (κ2) is 7.78. The number of anilines is 1. The Morgan fingerprint density at radius 2 is 1.89 bits per heavy atom. The first-order valence-electron chi connectivity index (χ1n) is 8.03. The topological polar surface area (TPSA) is 77.4 Å². The molecule has 0 aliphatic heterocycles. The van der Waals surface area contributed by atoms with Gasteiger partial charge in [0.25, 0.3) is 0 Å². The van der Waals surface area contributed by atoms with Crippen LogP contribution in [-0.4, -0.2) is 35.9 Å². The van der Waals surface area contributed by atoms with Gasteiger partial charge in [-0.25, -0.2) is 4.98 Å². The summed E-state index contributed by atoms with van der Waals surface area (Å²) >= 11 is 0. The van der Waals surface area contributed by atoms with Crippen molar-refractivity contribution < 1.29 is 26.8 Å². The molecule has 3 rings (SSSR count). The number of aromatic nitrogens is 3.